The van der Waals surface area contributed by atoms with E-state index in [1.807, 2.05) is 6.07 Å². The van der Waals surface area contributed by atoms with E-state index in [1.165, 1.54) is 16.9 Å². The molecule has 2 heterocycles. The van der Waals surface area contributed by atoms with E-state index >= 15 is 0 Å². The minimum Gasteiger partial charge on any atom is -0.374 e. The molecule has 0 bridgehead atoms. The molecule has 1 aromatic carbocycles. The summed E-state index contributed by atoms with van der Waals surface area (Å²) in [5, 5.41) is 11.5. The van der Waals surface area contributed by atoms with E-state index in [9.17, 15) is 0 Å². The lowest BCUT2D eigenvalue weighted by Crippen LogP contribution is -1.88. The second kappa shape index (κ2) is 6.34. The molecule has 0 spiro atoms. The highest BCUT2D eigenvalue weighted by atomic mass is 32.2. The van der Waals surface area contributed by atoms with E-state index in [0.717, 1.165) is 27.2 Å². The Hall–Kier alpha value is -1.44. The van der Waals surface area contributed by atoms with Gasteiger partial charge in [0.05, 0.1) is 10.7 Å². The zero-order valence-electron chi connectivity index (χ0n) is 10.5. The fourth-order valence-electron chi connectivity index (χ4n) is 1.68. The lowest BCUT2D eigenvalue weighted by molar-refractivity contribution is 1.01. The molecule has 0 aliphatic rings. The number of rotatable bonds is 5. The smallest absolute Gasteiger partial charge is 0.203 e. The number of hydrogen-bond acceptors (Lipinski definition) is 7. The number of nitrogens with two attached hydrogens (primary N) is 1. The summed E-state index contributed by atoms with van der Waals surface area (Å²) in [5.74, 6) is 0.805. The molecule has 102 valence electrons. The molecule has 0 radical (unpaired) electrons. The fourth-order valence-corrected chi connectivity index (χ4v) is 4.14. The van der Waals surface area contributed by atoms with Gasteiger partial charge in [0.15, 0.2) is 4.34 Å². The van der Waals surface area contributed by atoms with Crippen molar-refractivity contribution in [3.8, 4) is 0 Å². The second-order valence-electron chi connectivity index (χ2n) is 4.09. The first kappa shape index (κ1) is 13.5. The van der Waals surface area contributed by atoms with Crippen molar-refractivity contribution in [3.63, 3.8) is 0 Å². The van der Waals surface area contributed by atoms with Gasteiger partial charge in [-0.15, -0.1) is 21.5 Å². The van der Waals surface area contributed by atoms with Gasteiger partial charge in [-0.05, 0) is 5.56 Å². The molecule has 0 aliphatic carbocycles. The average molecular weight is 320 g/mol. The highest BCUT2D eigenvalue weighted by Crippen LogP contribution is 2.27. The van der Waals surface area contributed by atoms with Gasteiger partial charge in [-0.3, -0.25) is 0 Å². The first-order valence-electron chi connectivity index (χ1n) is 5.98. The maximum atomic E-state index is 5.56. The van der Waals surface area contributed by atoms with E-state index in [1.54, 1.807) is 23.1 Å². The van der Waals surface area contributed by atoms with Crippen LogP contribution in [0.2, 0.25) is 0 Å². The van der Waals surface area contributed by atoms with Gasteiger partial charge in [0.1, 0.15) is 0 Å². The molecule has 0 amide bonds. The maximum absolute atomic E-state index is 5.56. The number of thioether (sulfide) groups is 1. The molecule has 0 aliphatic heterocycles. The molecular weight excluding hydrogens is 308 g/mol. The van der Waals surface area contributed by atoms with E-state index in [-0.39, 0.29) is 0 Å². The van der Waals surface area contributed by atoms with Crippen LogP contribution in [0.5, 0.6) is 0 Å². The molecule has 3 aromatic rings. The number of hydrogen-bond donors (Lipinski definition) is 1. The lowest BCUT2D eigenvalue weighted by Gasteiger charge is -1.96. The van der Waals surface area contributed by atoms with Crippen molar-refractivity contribution in [1.29, 1.82) is 0 Å². The van der Waals surface area contributed by atoms with Crippen LogP contribution in [0.1, 0.15) is 16.3 Å². The Bertz CT molecular complexity index is 678. The molecular formula is C13H12N4S3. The second-order valence-corrected chi connectivity index (χ2v) is 7.26. The standard InChI is InChI=1S/C13H12N4S3/c14-12-16-17-13(20-12)19-8-10-7-18-11(15-10)6-9-4-2-1-3-5-9/h1-5,7H,6,8H2,(H2,14,16). The Kier molecular flexibility index (Phi) is 4.29. The Labute approximate surface area is 129 Å². The lowest BCUT2D eigenvalue weighted by atomic mass is 10.2. The summed E-state index contributed by atoms with van der Waals surface area (Å²) >= 11 is 4.74. The molecule has 2 aromatic heterocycles. The van der Waals surface area contributed by atoms with Crippen LogP contribution in [0.3, 0.4) is 0 Å². The van der Waals surface area contributed by atoms with Gasteiger partial charge in [0.2, 0.25) is 5.13 Å². The summed E-state index contributed by atoms with van der Waals surface area (Å²) in [4.78, 5) is 4.65. The Morgan fingerprint density at radius 3 is 2.75 bits per heavy atom. The topological polar surface area (TPSA) is 64.7 Å². The first-order chi connectivity index (χ1) is 9.79. The summed E-state index contributed by atoms with van der Waals surface area (Å²) in [6.07, 6.45) is 0.891. The predicted molar refractivity (Wildman–Crippen MR) is 85.2 cm³/mol. The highest BCUT2D eigenvalue weighted by Gasteiger charge is 2.06. The van der Waals surface area contributed by atoms with Gasteiger partial charge >= 0.3 is 0 Å². The summed E-state index contributed by atoms with van der Waals surface area (Å²) < 4.78 is 0.889. The fraction of sp³-hybridized carbons (Fsp3) is 0.154. The van der Waals surface area contributed by atoms with E-state index in [2.05, 4.69) is 44.8 Å². The first-order valence-corrected chi connectivity index (χ1v) is 8.67. The van der Waals surface area contributed by atoms with Crippen molar-refractivity contribution in [1.82, 2.24) is 15.2 Å². The molecule has 2 N–H and O–H groups in total. The van der Waals surface area contributed by atoms with Crippen molar-refractivity contribution >= 4 is 39.6 Å². The van der Waals surface area contributed by atoms with Crippen LogP contribution in [0, 0.1) is 0 Å². The minimum absolute atomic E-state index is 0.510. The van der Waals surface area contributed by atoms with Crippen LogP contribution in [0.15, 0.2) is 40.1 Å². The predicted octanol–water partition coefficient (Wildman–Crippen LogP) is 3.46. The van der Waals surface area contributed by atoms with Gasteiger partial charge in [-0.2, -0.15) is 0 Å². The van der Waals surface area contributed by atoms with Crippen LogP contribution in [0.25, 0.3) is 0 Å². The van der Waals surface area contributed by atoms with Gasteiger partial charge in [0.25, 0.3) is 0 Å². The molecule has 20 heavy (non-hydrogen) atoms. The maximum Gasteiger partial charge on any atom is 0.203 e. The van der Waals surface area contributed by atoms with Crippen LogP contribution < -0.4 is 5.73 Å². The number of benzene rings is 1. The van der Waals surface area contributed by atoms with Crippen molar-refractivity contribution in [2.45, 2.75) is 16.5 Å². The summed E-state index contributed by atoms with van der Waals surface area (Å²) in [6.45, 7) is 0. The van der Waals surface area contributed by atoms with Crippen molar-refractivity contribution < 1.29 is 0 Å². The van der Waals surface area contributed by atoms with Crippen LogP contribution in [-0.2, 0) is 12.2 Å². The van der Waals surface area contributed by atoms with E-state index in [4.69, 9.17) is 5.73 Å². The quantitative estimate of drug-likeness (QED) is 0.729. The van der Waals surface area contributed by atoms with E-state index in [0.29, 0.717) is 5.13 Å². The zero-order chi connectivity index (χ0) is 13.8. The number of aromatic nitrogens is 3. The van der Waals surface area contributed by atoms with Gasteiger partial charge in [-0.25, -0.2) is 4.98 Å². The summed E-state index contributed by atoms with van der Waals surface area (Å²) in [6, 6.07) is 10.4. The summed E-state index contributed by atoms with van der Waals surface area (Å²) in [7, 11) is 0. The number of nitrogens with zero attached hydrogens (tertiary/aromatic N) is 3. The third kappa shape index (κ3) is 3.56. The number of anilines is 1. The number of nitrogen functional groups attached to an aromatic ring is 1. The highest BCUT2D eigenvalue weighted by molar-refractivity contribution is 8.00. The zero-order valence-corrected chi connectivity index (χ0v) is 13.0. The average Bonchev–Trinajstić information content (AvgIpc) is 3.07. The van der Waals surface area contributed by atoms with Gasteiger partial charge in [-0.1, -0.05) is 53.4 Å². The Morgan fingerprint density at radius 2 is 2.00 bits per heavy atom. The third-order valence-corrected chi connectivity index (χ3v) is 5.38. The minimum atomic E-state index is 0.510. The Balaban J connectivity index is 1.59. The van der Waals surface area contributed by atoms with Crippen LogP contribution >= 0.6 is 34.4 Å². The molecule has 7 heteroatoms. The molecule has 0 saturated heterocycles. The van der Waals surface area contributed by atoms with Crippen molar-refractivity contribution in [2.24, 2.45) is 0 Å². The summed E-state index contributed by atoms with van der Waals surface area (Å²) in [5.41, 5.74) is 7.93. The molecule has 0 atom stereocenters. The van der Waals surface area contributed by atoms with Crippen molar-refractivity contribution in [3.05, 3.63) is 52.0 Å². The normalized spacial score (nSPS) is 10.8. The monoisotopic (exact) mass is 320 g/mol. The molecule has 0 unspecified atom stereocenters. The Morgan fingerprint density at radius 1 is 1.15 bits per heavy atom. The SMILES string of the molecule is Nc1nnc(SCc2csc(Cc3ccccc3)n2)s1. The van der Waals surface area contributed by atoms with Crippen LogP contribution in [-0.4, -0.2) is 15.2 Å². The van der Waals surface area contributed by atoms with Crippen molar-refractivity contribution in [2.75, 3.05) is 5.73 Å². The molecule has 3 rings (SSSR count). The van der Waals surface area contributed by atoms with Gasteiger partial charge in [0, 0.05) is 17.6 Å². The van der Waals surface area contributed by atoms with E-state index < -0.39 is 0 Å². The number of thiazole rings is 1. The third-order valence-electron chi connectivity index (χ3n) is 2.56. The van der Waals surface area contributed by atoms with Gasteiger partial charge < -0.3 is 5.73 Å². The largest absolute Gasteiger partial charge is 0.374 e. The van der Waals surface area contributed by atoms with Crippen LogP contribution in [0.4, 0.5) is 5.13 Å². The molecule has 4 nitrogen and oxygen atoms in total. The molecule has 0 fully saturated rings. The molecule has 0 saturated carbocycles.